The molecule has 4 rings (SSSR count). The molecule has 1 N–H and O–H groups in total. The largest absolute Gasteiger partial charge is 0.350 e. The van der Waals surface area contributed by atoms with Gasteiger partial charge in [0.1, 0.15) is 18.4 Å². The first-order chi connectivity index (χ1) is 21.8. The number of nitrogens with zero attached hydrogens (tertiary/aromatic N) is 3. The standard InChI is InChI=1S/C34H35FN4O6S/c1-34(2,3)36-33(41)31(21-25-13-6-4-7-14-25)37(23-26-15-10-11-20-30(26)35)32(40)24-38(27-16-12-17-28(22-27)39(42)43)46(44,45)29-18-8-5-9-19-29/h4-20,22,31H,21,23-24H2,1-3H3,(H,36,41). The van der Waals surface area contributed by atoms with Gasteiger partial charge < -0.3 is 10.2 Å². The van der Waals surface area contributed by atoms with Crippen LogP contribution in [0.2, 0.25) is 0 Å². The highest BCUT2D eigenvalue weighted by molar-refractivity contribution is 7.92. The van der Waals surface area contributed by atoms with Gasteiger partial charge in [0, 0.05) is 36.2 Å². The second kappa shape index (κ2) is 14.3. The first kappa shape index (κ1) is 33.8. The van der Waals surface area contributed by atoms with Crippen molar-refractivity contribution in [3.05, 3.63) is 136 Å². The Bertz CT molecular complexity index is 1800. The lowest BCUT2D eigenvalue weighted by Crippen LogP contribution is -2.56. The molecule has 0 saturated carbocycles. The summed E-state index contributed by atoms with van der Waals surface area (Å²) in [6.45, 7) is 4.16. The minimum absolute atomic E-state index is 0.0468. The zero-order valence-corrected chi connectivity index (χ0v) is 26.5. The van der Waals surface area contributed by atoms with Crippen molar-refractivity contribution in [1.29, 1.82) is 0 Å². The van der Waals surface area contributed by atoms with Crippen LogP contribution in [0.4, 0.5) is 15.8 Å². The molecule has 1 unspecified atom stereocenters. The van der Waals surface area contributed by atoms with Gasteiger partial charge in [-0.3, -0.25) is 24.0 Å². The Kier molecular flexibility index (Phi) is 10.5. The molecule has 1 atom stereocenters. The molecular formula is C34H35FN4O6S. The average molecular weight is 647 g/mol. The Morgan fingerprint density at radius 1 is 0.891 bits per heavy atom. The lowest BCUT2D eigenvalue weighted by atomic mass is 10.0. The Morgan fingerprint density at radius 3 is 2.11 bits per heavy atom. The first-order valence-corrected chi connectivity index (χ1v) is 15.9. The van der Waals surface area contributed by atoms with E-state index < -0.39 is 50.7 Å². The molecule has 0 aliphatic carbocycles. The fraction of sp³-hybridized carbons (Fsp3) is 0.235. The number of carbonyl (C=O) groups is 2. The highest BCUT2D eigenvalue weighted by atomic mass is 32.2. The molecule has 0 fully saturated rings. The number of benzene rings is 4. The molecule has 10 nitrogen and oxygen atoms in total. The normalized spacial score (nSPS) is 12.2. The van der Waals surface area contributed by atoms with Crippen LogP contribution in [0.5, 0.6) is 0 Å². The Hall–Kier alpha value is -5.10. The molecule has 0 aliphatic rings. The lowest BCUT2D eigenvalue weighted by molar-refractivity contribution is -0.384. The summed E-state index contributed by atoms with van der Waals surface area (Å²) in [5.74, 6) is -1.95. The number of anilines is 1. The summed E-state index contributed by atoms with van der Waals surface area (Å²) in [6.07, 6.45) is 0.0468. The van der Waals surface area contributed by atoms with Crippen LogP contribution in [-0.4, -0.2) is 48.2 Å². The topological polar surface area (TPSA) is 130 Å². The van der Waals surface area contributed by atoms with Crippen molar-refractivity contribution in [1.82, 2.24) is 10.2 Å². The predicted octanol–water partition coefficient (Wildman–Crippen LogP) is 5.48. The van der Waals surface area contributed by atoms with Gasteiger partial charge in [-0.15, -0.1) is 0 Å². The molecule has 4 aromatic rings. The highest BCUT2D eigenvalue weighted by Crippen LogP contribution is 2.28. The third kappa shape index (κ3) is 8.54. The number of nitro groups is 1. The SMILES string of the molecule is CC(C)(C)NC(=O)C(Cc1ccccc1)N(Cc1ccccc1F)C(=O)CN(c1cccc([N+](=O)[O-])c1)S(=O)(=O)c1ccccc1. The maximum absolute atomic E-state index is 15.0. The third-order valence-electron chi connectivity index (χ3n) is 7.01. The lowest BCUT2D eigenvalue weighted by Gasteiger charge is -2.35. The zero-order valence-electron chi connectivity index (χ0n) is 25.7. The van der Waals surface area contributed by atoms with Crippen LogP contribution in [0.1, 0.15) is 31.9 Å². The van der Waals surface area contributed by atoms with Gasteiger partial charge in [-0.05, 0) is 50.6 Å². The van der Waals surface area contributed by atoms with Crippen molar-refractivity contribution in [3.8, 4) is 0 Å². The Balaban J connectivity index is 1.85. The molecule has 0 spiro atoms. The van der Waals surface area contributed by atoms with Crippen molar-refractivity contribution >= 4 is 33.2 Å². The summed E-state index contributed by atoms with van der Waals surface area (Å²) in [7, 11) is -4.45. The summed E-state index contributed by atoms with van der Waals surface area (Å²) < 4.78 is 43.8. The number of nitro benzene ring substituents is 1. The van der Waals surface area contributed by atoms with Crippen molar-refractivity contribution < 1.29 is 27.3 Å². The van der Waals surface area contributed by atoms with Crippen molar-refractivity contribution in [2.45, 2.75) is 50.2 Å². The molecule has 0 saturated heterocycles. The number of hydrogen-bond donors (Lipinski definition) is 1. The van der Waals surface area contributed by atoms with Crippen LogP contribution in [0.25, 0.3) is 0 Å². The number of rotatable bonds is 12. The average Bonchev–Trinajstić information content (AvgIpc) is 3.02. The van der Waals surface area contributed by atoms with E-state index in [0.29, 0.717) is 0 Å². The number of non-ortho nitro benzene ring substituents is 1. The number of nitrogens with one attached hydrogen (secondary N) is 1. The molecular weight excluding hydrogens is 611 g/mol. The minimum atomic E-state index is -4.45. The van der Waals surface area contributed by atoms with Crippen LogP contribution in [-0.2, 0) is 32.6 Å². The van der Waals surface area contributed by atoms with E-state index in [1.54, 1.807) is 63.2 Å². The molecule has 0 bridgehead atoms. The molecule has 0 radical (unpaired) electrons. The minimum Gasteiger partial charge on any atom is -0.350 e. The number of carbonyl (C=O) groups excluding carboxylic acids is 2. The van der Waals surface area contributed by atoms with Crippen LogP contribution < -0.4 is 9.62 Å². The monoisotopic (exact) mass is 646 g/mol. The van der Waals surface area contributed by atoms with Crippen LogP contribution >= 0.6 is 0 Å². The van der Waals surface area contributed by atoms with E-state index >= 15 is 4.39 Å². The molecule has 0 aromatic heterocycles. The molecule has 2 amide bonds. The van der Waals surface area contributed by atoms with Gasteiger partial charge in [0.05, 0.1) is 15.5 Å². The van der Waals surface area contributed by atoms with Crippen molar-refractivity contribution in [2.75, 3.05) is 10.8 Å². The second-order valence-electron chi connectivity index (χ2n) is 11.7. The van der Waals surface area contributed by atoms with E-state index in [2.05, 4.69) is 5.32 Å². The number of amides is 2. The van der Waals surface area contributed by atoms with Gasteiger partial charge in [-0.25, -0.2) is 12.8 Å². The van der Waals surface area contributed by atoms with E-state index in [4.69, 9.17) is 0 Å². The van der Waals surface area contributed by atoms with Gasteiger partial charge in [0.25, 0.3) is 15.7 Å². The van der Waals surface area contributed by atoms with Crippen LogP contribution in [0.15, 0.2) is 114 Å². The Labute approximate surface area is 267 Å². The quantitative estimate of drug-likeness (QED) is 0.160. The summed E-state index contributed by atoms with van der Waals surface area (Å²) in [5, 5.41) is 14.5. The van der Waals surface area contributed by atoms with Crippen LogP contribution in [0.3, 0.4) is 0 Å². The van der Waals surface area contributed by atoms with E-state index in [9.17, 15) is 28.1 Å². The van der Waals surface area contributed by atoms with Gasteiger partial charge in [0.2, 0.25) is 11.8 Å². The fourth-order valence-corrected chi connectivity index (χ4v) is 6.25. The first-order valence-electron chi connectivity index (χ1n) is 14.5. The smallest absolute Gasteiger partial charge is 0.271 e. The molecule has 46 heavy (non-hydrogen) atoms. The number of halogens is 1. The maximum Gasteiger partial charge on any atom is 0.271 e. The third-order valence-corrected chi connectivity index (χ3v) is 8.79. The highest BCUT2D eigenvalue weighted by Gasteiger charge is 2.36. The summed E-state index contributed by atoms with van der Waals surface area (Å²) in [5.41, 5.74) is -0.366. The van der Waals surface area contributed by atoms with E-state index in [0.717, 1.165) is 20.8 Å². The molecule has 4 aromatic carbocycles. The van der Waals surface area contributed by atoms with E-state index in [-0.39, 0.29) is 34.8 Å². The van der Waals surface area contributed by atoms with Crippen LogP contribution in [0, 0.1) is 15.9 Å². The van der Waals surface area contributed by atoms with Crippen molar-refractivity contribution in [2.24, 2.45) is 0 Å². The molecule has 0 heterocycles. The molecule has 0 aliphatic heterocycles. The fourth-order valence-electron chi connectivity index (χ4n) is 4.83. The maximum atomic E-state index is 15.0. The van der Waals surface area contributed by atoms with Gasteiger partial charge in [-0.1, -0.05) is 72.8 Å². The van der Waals surface area contributed by atoms with Gasteiger partial charge >= 0.3 is 0 Å². The summed E-state index contributed by atoms with van der Waals surface area (Å²) >= 11 is 0. The van der Waals surface area contributed by atoms with Crippen molar-refractivity contribution in [3.63, 3.8) is 0 Å². The number of sulfonamides is 1. The molecule has 240 valence electrons. The Morgan fingerprint density at radius 2 is 1.50 bits per heavy atom. The summed E-state index contributed by atoms with van der Waals surface area (Å²) in [4.78, 5) is 40.2. The molecule has 12 heteroatoms. The van der Waals surface area contributed by atoms with Gasteiger partial charge in [0.15, 0.2) is 0 Å². The number of hydrogen-bond acceptors (Lipinski definition) is 6. The predicted molar refractivity (Wildman–Crippen MR) is 173 cm³/mol. The van der Waals surface area contributed by atoms with Gasteiger partial charge in [-0.2, -0.15) is 0 Å². The summed E-state index contributed by atoms with van der Waals surface area (Å²) in [6, 6.07) is 25.8. The second-order valence-corrected chi connectivity index (χ2v) is 13.5. The van der Waals surface area contributed by atoms with E-state index in [1.165, 1.54) is 60.7 Å². The zero-order chi connectivity index (χ0) is 33.5. The van der Waals surface area contributed by atoms with E-state index in [1.807, 2.05) is 0 Å².